The van der Waals surface area contributed by atoms with Crippen LogP contribution in [-0.4, -0.2) is 88.0 Å². The fourth-order valence-corrected chi connectivity index (χ4v) is 3.41. The molecule has 0 aromatic carbocycles. The predicted molar refractivity (Wildman–Crippen MR) is 94.3 cm³/mol. The second-order valence-electron chi connectivity index (χ2n) is 6.52. The van der Waals surface area contributed by atoms with Gasteiger partial charge in [-0.3, -0.25) is 19.6 Å². The van der Waals surface area contributed by atoms with E-state index in [9.17, 15) is 9.59 Å². The van der Waals surface area contributed by atoms with Crippen LogP contribution in [0.4, 0.5) is 0 Å². The largest absolute Gasteiger partial charge is 0.483 e. The number of aromatic amines is 1. The maximum atomic E-state index is 12.6. The van der Waals surface area contributed by atoms with Gasteiger partial charge in [0.1, 0.15) is 5.69 Å². The van der Waals surface area contributed by atoms with Crippen molar-refractivity contribution < 1.29 is 29.3 Å². The zero-order chi connectivity index (χ0) is 19.6. The zero-order valence-corrected chi connectivity index (χ0v) is 15.2. The summed E-state index contributed by atoms with van der Waals surface area (Å²) < 4.78 is 5.33. The maximum Gasteiger partial charge on any atom is 0.354 e. The van der Waals surface area contributed by atoms with Gasteiger partial charge in [0.05, 0.1) is 6.20 Å². The van der Waals surface area contributed by atoms with Crippen LogP contribution < -0.4 is 0 Å². The number of carbonyl (C=O) groups is 3. The Morgan fingerprint density at radius 2 is 1.96 bits per heavy atom. The molecule has 0 saturated carbocycles. The molecule has 3 heterocycles. The summed E-state index contributed by atoms with van der Waals surface area (Å²) in [6, 6.07) is 0. The van der Waals surface area contributed by atoms with E-state index in [-0.39, 0.29) is 24.0 Å². The fourth-order valence-electron chi connectivity index (χ4n) is 3.41. The molecule has 0 bridgehead atoms. The van der Waals surface area contributed by atoms with Crippen molar-refractivity contribution in [3.8, 4) is 0 Å². The molecule has 2 saturated heterocycles. The standard InChI is InChI=1S/C16H24N4O4.CH2O2/c21-15(12-2-8-24-9-3-12)20-5-1-4-19(6-7-20)11-13-10-17-18-14(13)16(22)23;2-1-3/h10,12H,1-9,11H2,(H,17,18)(H,22,23);1H,(H,2,3). The predicted octanol–water partition coefficient (Wildman–Crippen LogP) is 0.270. The van der Waals surface area contributed by atoms with E-state index in [2.05, 4.69) is 15.1 Å². The Morgan fingerprint density at radius 3 is 2.63 bits per heavy atom. The first-order chi connectivity index (χ1) is 13.1. The molecule has 0 atom stereocenters. The molecule has 150 valence electrons. The topological polar surface area (TPSA) is 136 Å². The van der Waals surface area contributed by atoms with Crippen LogP contribution in [0.15, 0.2) is 6.20 Å². The van der Waals surface area contributed by atoms with Gasteiger partial charge in [0.2, 0.25) is 5.91 Å². The number of nitrogens with one attached hydrogen (secondary N) is 1. The Bertz CT molecular complexity index is 629. The Balaban J connectivity index is 0.000000817. The summed E-state index contributed by atoms with van der Waals surface area (Å²) in [6.07, 6.45) is 4.10. The van der Waals surface area contributed by atoms with Gasteiger partial charge in [-0.25, -0.2) is 4.79 Å². The van der Waals surface area contributed by atoms with Gasteiger partial charge in [0, 0.05) is 57.4 Å². The van der Waals surface area contributed by atoms with Crippen LogP contribution in [0.2, 0.25) is 0 Å². The minimum absolute atomic E-state index is 0.0952. The van der Waals surface area contributed by atoms with Crippen LogP contribution in [0.1, 0.15) is 35.3 Å². The molecular formula is C17H26N4O6. The average Bonchev–Trinajstić information content (AvgIpc) is 3.01. The first kappa shape index (κ1) is 20.8. The number of aromatic carboxylic acids is 1. The van der Waals surface area contributed by atoms with Crippen LogP contribution in [0, 0.1) is 5.92 Å². The van der Waals surface area contributed by atoms with Crippen molar-refractivity contribution in [1.29, 1.82) is 0 Å². The van der Waals surface area contributed by atoms with E-state index >= 15 is 0 Å². The molecule has 2 aliphatic heterocycles. The van der Waals surface area contributed by atoms with E-state index in [1.807, 2.05) is 4.90 Å². The smallest absolute Gasteiger partial charge is 0.354 e. The van der Waals surface area contributed by atoms with E-state index in [4.69, 9.17) is 19.7 Å². The van der Waals surface area contributed by atoms with Crippen molar-refractivity contribution in [2.45, 2.75) is 25.8 Å². The summed E-state index contributed by atoms with van der Waals surface area (Å²) in [5.41, 5.74) is 0.834. The number of carbonyl (C=O) groups excluding carboxylic acids is 1. The zero-order valence-electron chi connectivity index (χ0n) is 15.2. The molecule has 10 heteroatoms. The van der Waals surface area contributed by atoms with Gasteiger partial charge < -0.3 is 19.8 Å². The molecule has 2 aliphatic rings. The van der Waals surface area contributed by atoms with E-state index in [0.717, 1.165) is 38.9 Å². The highest BCUT2D eigenvalue weighted by Gasteiger charge is 2.28. The number of rotatable bonds is 4. The number of amides is 1. The molecule has 10 nitrogen and oxygen atoms in total. The van der Waals surface area contributed by atoms with E-state index in [1.54, 1.807) is 6.20 Å². The van der Waals surface area contributed by atoms with Crippen molar-refractivity contribution in [2.75, 3.05) is 39.4 Å². The molecule has 1 aromatic heterocycles. The summed E-state index contributed by atoms with van der Waals surface area (Å²) in [5.74, 6) is -0.652. The van der Waals surface area contributed by atoms with Gasteiger partial charge in [-0.05, 0) is 19.3 Å². The third-order valence-electron chi connectivity index (χ3n) is 4.80. The van der Waals surface area contributed by atoms with E-state index in [1.165, 1.54) is 0 Å². The van der Waals surface area contributed by atoms with Crippen LogP contribution in [0.25, 0.3) is 0 Å². The molecule has 0 aliphatic carbocycles. The van der Waals surface area contributed by atoms with Gasteiger partial charge in [-0.1, -0.05) is 0 Å². The summed E-state index contributed by atoms with van der Waals surface area (Å²) in [5, 5.41) is 22.4. The summed E-state index contributed by atoms with van der Waals surface area (Å²) >= 11 is 0. The first-order valence-corrected chi connectivity index (χ1v) is 8.99. The average molecular weight is 382 g/mol. The lowest BCUT2D eigenvalue weighted by molar-refractivity contribution is -0.138. The highest BCUT2D eigenvalue weighted by atomic mass is 16.5. The monoisotopic (exact) mass is 382 g/mol. The number of carboxylic acid groups (broad SMARTS) is 2. The highest BCUT2D eigenvalue weighted by molar-refractivity contribution is 5.86. The SMILES string of the molecule is O=C(O)c1[nH]ncc1CN1CCCN(C(=O)C2CCOCC2)CC1.O=CO. The molecule has 1 amide bonds. The second-order valence-corrected chi connectivity index (χ2v) is 6.52. The Kier molecular flexibility index (Phi) is 8.21. The van der Waals surface area contributed by atoms with Gasteiger partial charge in [0.25, 0.3) is 6.47 Å². The lowest BCUT2D eigenvalue weighted by Gasteiger charge is -2.28. The summed E-state index contributed by atoms with van der Waals surface area (Å²) in [4.78, 5) is 36.3. The number of hydrogen-bond donors (Lipinski definition) is 3. The number of ether oxygens (including phenoxy) is 1. The van der Waals surface area contributed by atoms with Crippen molar-refractivity contribution >= 4 is 18.3 Å². The van der Waals surface area contributed by atoms with Crippen molar-refractivity contribution in [3.63, 3.8) is 0 Å². The maximum absolute atomic E-state index is 12.6. The molecule has 1 aromatic rings. The number of carboxylic acids is 1. The molecule has 0 unspecified atom stereocenters. The molecule has 3 N–H and O–H groups in total. The van der Waals surface area contributed by atoms with Gasteiger partial charge >= 0.3 is 5.97 Å². The number of nitrogens with zero attached hydrogens (tertiary/aromatic N) is 3. The van der Waals surface area contributed by atoms with Crippen molar-refractivity contribution in [3.05, 3.63) is 17.5 Å². The second kappa shape index (κ2) is 10.6. The van der Waals surface area contributed by atoms with Crippen molar-refractivity contribution in [2.24, 2.45) is 5.92 Å². The molecule has 3 rings (SSSR count). The normalized spacial score (nSPS) is 18.9. The minimum Gasteiger partial charge on any atom is -0.483 e. The Labute approximate surface area is 157 Å². The van der Waals surface area contributed by atoms with Crippen LogP contribution in [0.3, 0.4) is 0 Å². The number of aromatic nitrogens is 2. The first-order valence-electron chi connectivity index (χ1n) is 8.99. The van der Waals surface area contributed by atoms with Crippen molar-refractivity contribution in [1.82, 2.24) is 20.0 Å². The molecule has 2 fully saturated rings. The van der Waals surface area contributed by atoms with Crippen LogP contribution >= 0.6 is 0 Å². The Hall–Kier alpha value is -2.46. The lowest BCUT2D eigenvalue weighted by Crippen LogP contribution is -2.40. The number of H-pyrrole nitrogens is 1. The molecular weight excluding hydrogens is 356 g/mol. The quantitative estimate of drug-likeness (QED) is 0.631. The van der Waals surface area contributed by atoms with Gasteiger partial charge in [0.15, 0.2) is 0 Å². The Morgan fingerprint density at radius 1 is 1.26 bits per heavy atom. The molecule has 0 spiro atoms. The third kappa shape index (κ3) is 6.04. The number of hydrogen-bond acceptors (Lipinski definition) is 6. The lowest BCUT2D eigenvalue weighted by atomic mass is 9.98. The van der Waals surface area contributed by atoms with E-state index < -0.39 is 5.97 Å². The minimum atomic E-state index is -0.992. The van der Waals surface area contributed by atoms with Gasteiger partial charge in [-0.2, -0.15) is 5.10 Å². The van der Waals surface area contributed by atoms with Gasteiger partial charge in [-0.15, -0.1) is 0 Å². The third-order valence-corrected chi connectivity index (χ3v) is 4.80. The highest BCUT2D eigenvalue weighted by Crippen LogP contribution is 2.19. The van der Waals surface area contributed by atoms with Crippen LogP contribution in [-0.2, 0) is 20.9 Å². The summed E-state index contributed by atoms with van der Waals surface area (Å²) in [7, 11) is 0. The fraction of sp³-hybridized carbons (Fsp3) is 0.647. The summed E-state index contributed by atoms with van der Waals surface area (Å²) in [6.45, 7) is 4.70. The molecule has 0 radical (unpaired) electrons. The van der Waals surface area contributed by atoms with Crippen LogP contribution in [0.5, 0.6) is 0 Å². The van der Waals surface area contributed by atoms with E-state index in [0.29, 0.717) is 31.9 Å². The molecule has 27 heavy (non-hydrogen) atoms.